The maximum Gasteiger partial charge on any atom is 0.191 e. The molecule has 0 amide bonds. The third kappa shape index (κ3) is 4.29. The Kier molecular flexibility index (Phi) is 5.53. The number of aromatic nitrogens is 2. The van der Waals surface area contributed by atoms with Gasteiger partial charge in [0.15, 0.2) is 5.96 Å². The van der Waals surface area contributed by atoms with Gasteiger partial charge in [-0.1, -0.05) is 5.16 Å². The average molecular weight is 342 g/mol. The smallest absolute Gasteiger partial charge is 0.191 e. The predicted octanol–water partition coefficient (Wildman–Crippen LogP) is 2.15. The number of pyridine rings is 1. The van der Waals surface area contributed by atoms with Gasteiger partial charge in [-0.05, 0) is 44.4 Å². The molecule has 2 N–H and O–H groups in total. The second-order valence-electron chi connectivity index (χ2n) is 6.30. The van der Waals surface area contributed by atoms with Crippen molar-refractivity contribution in [2.24, 2.45) is 4.99 Å². The summed E-state index contributed by atoms with van der Waals surface area (Å²) in [4.78, 5) is 11.1. The van der Waals surface area contributed by atoms with Crippen molar-refractivity contribution in [1.29, 1.82) is 0 Å². The van der Waals surface area contributed by atoms with Crippen LogP contribution in [0.5, 0.6) is 0 Å². The van der Waals surface area contributed by atoms with Gasteiger partial charge in [-0.3, -0.25) is 4.99 Å². The number of aryl methyl sites for hydroxylation is 2. The van der Waals surface area contributed by atoms with Crippen molar-refractivity contribution >= 4 is 11.8 Å². The van der Waals surface area contributed by atoms with Crippen molar-refractivity contribution in [1.82, 2.24) is 20.8 Å². The van der Waals surface area contributed by atoms with Crippen LogP contribution in [-0.4, -0.2) is 36.2 Å². The summed E-state index contributed by atoms with van der Waals surface area (Å²) < 4.78 is 5.19. The summed E-state index contributed by atoms with van der Waals surface area (Å²) in [5.41, 5.74) is 3.17. The van der Waals surface area contributed by atoms with E-state index in [0.717, 1.165) is 41.9 Å². The van der Waals surface area contributed by atoms with Gasteiger partial charge in [0.2, 0.25) is 0 Å². The number of hydrogen-bond acceptors (Lipinski definition) is 5. The summed E-state index contributed by atoms with van der Waals surface area (Å²) in [5.74, 6) is 2.65. The van der Waals surface area contributed by atoms with Gasteiger partial charge in [0.1, 0.15) is 11.6 Å². The number of nitrogens with one attached hydrogen (secondary N) is 2. The normalized spacial score (nSPS) is 14.8. The molecule has 0 atom stereocenters. The van der Waals surface area contributed by atoms with Gasteiger partial charge in [0.25, 0.3) is 0 Å². The van der Waals surface area contributed by atoms with Crippen LogP contribution in [0.3, 0.4) is 0 Å². The summed E-state index contributed by atoms with van der Waals surface area (Å²) >= 11 is 0. The minimum atomic E-state index is 0.635. The minimum Gasteiger partial charge on any atom is -0.361 e. The molecule has 134 valence electrons. The van der Waals surface area contributed by atoms with Gasteiger partial charge >= 0.3 is 0 Å². The lowest BCUT2D eigenvalue weighted by atomic mass is 10.2. The summed E-state index contributed by atoms with van der Waals surface area (Å²) in [5, 5.41) is 10.6. The minimum absolute atomic E-state index is 0.635. The molecule has 0 unspecified atom stereocenters. The molecule has 7 heteroatoms. The third-order valence-electron chi connectivity index (χ3n) is 4.54. The lowest BCUT2D eigenvalue weighted by molar-refractivity contribution is 0.392. The van der Waals surface area contributed by atoms with Crippen molar-refractivity contribution in [2.75, 3.05) is 25.0 Å². The SMILES string of the molecule is CN=C(NCc1ccnc(N2CCCC2)c1)NCc1c(C)noc1C. The standard InChI is InChI=1S/C18H26N6O/c1-13-16(14(2)25-23-13)12-22-18(19-3)21-11-15-6-7-20-17(10-15)24-8-4-5-9-24/h6-7,10H,4-5,8-9,11-12H2,1-3H3,(H2,19,21,22). The maximum atomic E-state index is 5.19. The van der Waals surface area contributed by atoms with Crippen molar-refractivity contribution in [3.05, 3.63) is 40.9 Å². The molecular weight excluding hydrogens is 316 g/mol. The first-order chi connectivity index (χ1) is 12.2. The van der Waals surface area contributed by atoms with E-state index >= 15 is 0 Å². The van der Waals surface area contributed by atoms with Crippen molar-refractivity contribution in [2.45, 2.75) is 39.8 Å². The Morgan fingerprint density at radius 2 is 2.00 bits per heavy atom. The molecule has 0 spiro atoms. The molecule has 0 aliphatic carbocycles. The Labute approximate surface area is 148 Å². The highest BCUT2D eigenvalue weighted by molar-refractivity contribution is 5.79. The first-order valence-corrected chi connectivity index (χ1v) is 8.73. The van der Waals surface area contributed by atoms with E-state index in [9.17, 15) is 0 Å². The number of guanidine groups is 1. The van der Waals surface area contributed by atoms with E-state index in [0.29, 0.717) is 13.1 Å². The molecule has 1 aliphatic rings. The molecule has 1 fully saturated rings. The molecule has 3 heterocycles. The van der Waals surface area contributed by atoms with E-state index in [-0.39, 0.29) is 0 Å². The Morgan fingerprint density at radius 1 is 1.24 bits per heavy atom. The molecular formula is C18H26N6O. The molecule has 0 aromatic carbocycles. The Balaban J connectivity index is 1.55. The summed E-state index contributed by atoms with van der Waals surface area (Å²) in [6.07, 6.45) is 4.38. The lowest BCUT2D eigenvalue weighted by Crippen LogP contribution is -2.36. The lowest BCUT2D eigenvalue weighted by Gasteiger charge is -2.17. The highest BCUT2D eigenvalue weighted by Gasteiger charge is 2.14. The van der Waals surface area contributed by atoms with Crippen molar-refractivity contribution < 1.29 is 4.52 Å². The Hall–Kier alpha value is -2.57. The van der Waals surface area contributed by atoms with Crippen LogP contribution in [0, 0.1) is 13.8 Å². The van der Waals surface area contributed by atoms with Gasteiger partial charge in [0, 0.05) is 45.0 Å². The fourth-order valence-corrected chi connectivity index (χ4v) is 3.02. The van der Waals surface area contributed by atoms with Crippen LogP contribution >= 0.6 is 0 Å². The second-order valence-corrected chi connectivity index (χ2v) is 6.30. The first-order valence-electron chi connectivity index (χ1n) is 8.73. The molecule has 2 aromatic rings. The molecule has 0 bridgehead atoms. The van der Waals surface area contributed by atoms with Crippen molar-refractivity contribution in [3.8, 4) is 0 Å². The molecule has 1 saturated heterocycles. The quantitative estimate of drug-likeness (QED) is 0.640. The summed E-state index contributed by atoms with van der Waals surface area (Å²) in [6.45, 7) is 7.40. The number of aliphatic imine (C=N–C) groups is 1. The zero-order valence-electron chi connectivity index (χ0n) is 15.2. The highest BCUT2D eigenvalue weighted by atomic mass is 16.5. The first kappa shape index (κ1) is 17.3. The second kappa shape index (κ2) is 8.00. The van der Waals surface area contributed by atoms with Crippen LogP contribution in [0.2, 0.25) is 0 Å². The number of nitrogens with zero attached hydrogens (tertiary/aromatic N) is 4. The molecule has 0 radical (unpaired) electrons. The summed E-state index contributed by atoms with van der Waals surface area (Å²) in [6, 6.07) is 4.19. The Bertz CT molecular complexity index is 713. The fraction of sp³-hybridized carbons (Fsp3) is 0.500. The van der Waals surface area contributed by atoms with E-state index in [2.05, 4.69) is 36.7 Å². The van der Waals surface area contributed by atoms with Crippen LogP contribution < -0.4 is 15.5 Å². The van der Waals surface area contributed by atoms with E-state index in [4.69, 9.17) is 4.52 Å². The topological polar surface area (TPSA) is 78.6 Å². The third-order valence-corrected chi connectivity index (χ3v) is 4.54. The van der Waals surface area contributed by atoms with Gasteiger partial charge in [-0.25, -0.2) is 4.98 Å². The monoisotopic (exact) mass is 342 g/mol. The van der Waals surface area contributed by atoms with Gasteiger partial charge in [-0.2, -0.15) is 0 Å². The van der Waals surface area contributed by atoms with Gasteiger partial charge in [-0.15, -0.1) is 0 Å². The average Bonchev–Trinajstić information content (AvgIpc) is 3.27. The molecule has 3 rings (SSSR count). The van der Waals surface area contributed by atoms with Crippen LogP contribution in [0.4, 0.5) is 5.82 Å². The molecule has 7 nitrogen and oxygen atoms in total. The Morgan fingerprint density at radius 3 is 2.68 bits per heavy atom. The van der Waals surface area contributed by atoms with Crippen LogP contribution in [0.1, 0.15) is 35.4 Å². The van der Waals surface area contributed by atoms with Gasteiger partial charge < -0.3 is 20.1 Å². The largest absolute Gasteiger partial charge is 0.361 e. The summed E-state index contributed by atoms with van der Waals surface area (Å²) in [7, 11) is 1.77. The van der Waals surface area contributed by atoms with Crippen LogP contribution in [-0.2, 0) is 13.1 Å². The zero-order chi connectivity index (χ0) is 17.6. The highest BCUT2D eigenvalue weighted by Crippen LogP contribution is 2.18. The number of hydrogen-bond donors (Lipinski definition) is 2. The van der Waals surface area contributed by atoms with E-state index < -0.39 is 0 Å². The maximum absolute atomic E-state index is 5.19. The zero-order valence-corrected chi connectivity index (χ0v) is 15.2. The van der Waals surface area contributed by atoms with E-state index in [1.807, 2.05) is 26.1 Å². The van der Waals surface area contributed by atoms with E-state index in [1.165, 1.54) is 18.4 Å². The van der Waals surface area contributed by atoms with E-state index in [1.54, 1.807) is 7.05 Å². The number of anilines is 1. The molecule has 1 aliphatic heterocycles. The molecule has 0 saturated carbocycles. The van der Waals surface area contributed by atoms with Crippen LogP contribution in [0.25, 0.3) is 0 Å². The molecule has 2 aromatic heterocycles. The fourth-order valence-electron chi connectivity index (χ4n) is 3.02. The predicted molar refractivity (Wildman–Crippen MR) is 98.7 cm³/mol. The van der Waals surface area contributed by atoms with Crippen LogP contribution in [0.15, 0.2) is 27.8 Å². The number of rotatable bonds is 5. The van der Waals surface area contributed by atoms with Gasteiger partial charge in [0.05, 0.1) is 5.69 Å². The molecule has 25 heavy (non-hydrogen) atoms. The van der Waals surface area contributed by atoms with Crippen molar-refractivity contribution in [3.63, 3.8) is 0 Å².